The lowest BCUT2D eigenvalue weighted by molar-refractivity contribution is -0.141. The van der Waals surface area contributed by atoms with Gasteiger partial charge in [-0.3, -0.25) is 9.59 Å². The van der Waals surface area contributed by atoms with Gasteiger partial charge in [0.25, 0.3) is 0 Å². The third-order valence-electron chi connectivity index (χ3n) is 5.20. The van der Waals surface area contributed by atoms with Crippen LogP contribution in [0.1, 0.15) is 56.2 Å². The molecule has 1 atom stereocenters. The summed E-state index contributed by atoms with van der Waals surface area (Å²) in [7, 11) is 1.60. The fourth-order valence-electron chi connectivity index (χ4n) is 3.36. The van der Waals surface area contributed by atoms with Crippen molar-refractivity contribution < 1.29 is 9.59 Å². The predicted molar refractivity (Wildman–Crippen MR) is 119 cm³/mol. The molecule has 2 aromatic carbocycles. The van der Waals surface area contributed by atoms with E-state index in [9.17, 15) is 9.59 Å². The first-order chi connectivity index (χ1) is 13.9. The summed E-state index contributed by atoms with van der Waals surface area (Å²) in [6.45, 7) is 6.55. The Labute approximate surface area is 179 Å². The number of hydrogen-bond donors (Lipinski definition) is 1. The molecule has 0 radical (unpaired) electrons. The number of likely N-dealkylation sites (N-methyl/N-ethyl adjacent to an activating group) is 1. The van der Waals surface area contributed by atoms with Crippen LogP contribution in [0.4, 0.5) is 0 Å². The second-order valence-electron chi connectivity index (χ2n) is 7.55. The molecule has 0 saturated carbocycles. The van der Waals surface area contributed by atoms with Gasteiger partial charge in [-0.25, -0.2) is 0 Å². The Morgan fingerprint density at radius 2 is 1.72 bits per heavy atom. The van der Waals surface area contributed by atoms with Gasteiger partial charge in [-0.1, -0.05) is 74.8 Å². The van der Waals surface area contributed by atoms with Crippen molar-refractivity contribution in [1.29, 1.82) is 0 Å². The molecular formula is C24H31ClN2O2. The Hall–Kier alpha value is -2.33. The first kappa shape index (κ1) is 23.0. The van der Waals surface area contributed by atoms with Gasteiger partial charge in [0.2, 0.25) is 11.8 Å². The highest BCUT2D eigenvalue weighted by atomic mass is 35.5. The Morgan fingerprint density at radius 1 is 1.07 bits per heavy atom. The third-order valence-corrected chi connectivity index (χ3v) is 5.57. The number of amides is 2. The van der Waals surface area contributed by atoms with Gasteiger partial charge in [0.15, 0.2) is 0 Å². The molecule has 0 fully saturated rings. The van der Waals surface area contributed by atoms with Gasteiger partial charge in [0.1, 0.15) is 6.04 Å². The van der Waals surface area contributed by atoms with E-state index in [1.807, 2.05) is 25.1 Å². The monoisotopic (exact) mass is 414 g/mol. The van der Waals surface area contributed by atoms with Crippen LogP contribution in [0.3, 0.4) is 0 Å². The van der Waals surface area contributed by atoms with Gasteiger partial charge in [-0.15, -0.1) is 0 Å². The molecule has 0 heterocycles. The minimum Gasteiger partial charge on any atom is -0.357 e. The van der Waals surface area contributed by atoms with Crippen molar-refractivity contribution in [3.8, 4) is 0 Å². The van der Waals surface area contributed by atoms with Crippen LogP contribution in [0.15, 0.2) is 48.5 Å². The first-order valence-corrected chi connectivity index (χ1v) is 10.6. The van der Waals surface area contributed by atoms with Crippen molar-refractivity contribution in [3.63, 3.8) is 0 Å². The highest BCUT2D eigenvalue weighted by molar-refractivity contribution is 6.31. The molecule has 1 N–H and O–H groups in total. The molecule has 0 aliphatic carbocycles. The van der Waals surface area contributed by atoms with Crippen LogP contribution in [-0.2, 0) is 22.6 Å². The number of halogens is 1. The lowest BCUT2D eigenvalue weighted by Gasteiger charge is -2.30. The van der Waals surface area contributed by atoms with E-state index >= 15 is 0 Å². The minimum absolute atomic E-state index is 0.0479. The molecule has 5 heteroatoms. The number of hydrogen-bond acceptors (Lipinski definition) is 2. The Balaban J connectivity index is 2.16. The van der Waals surface area contributed by atoms with Crippen molar-refractivity contribution in [3.05, 3.63) is 70.2 Å². The molecule has 156 valence electrons. The van der Waals surface area contributed by atoms with Gasteiger partial charge in [-0.2, -0.15) is 0 Å². The normalized spacial score (nSPS) is 11.9. The number of nitrogens with zero attached hydrogens (tertiary/aromatic N) is 1. The average molecular weight is 415 g/mol. The highest BCUT2D eigenvalue weighted by Gasteiger charge is 2.28. The summed E-state index contributed by atoms with van der Waals surface area (Å²) in [6, 6.07) is 15.3. The van der Waals surface area contributed by atoms with Crippen LogP contribution in [-0.4, -0.2) is 29.8 Å². The van der Waals surface area contributed by atoms with E-state index in [-0.39, 0.29) is 11.8 Å². The number of aryl methyl sites for hydroxylation is 1. The molecule has 2 amide bonds. The molecule has 4 nitrogen and oxygen atoms in total. The molecule has 0 aromatic heterocycles. The van der Waals surface area contributed by atoms with E-state index < -0.39 is 6.04 Å². The van der Waals surface area contributed by atoms with Crippen LogP contribution in [0.5, 0.6) is 0 Å². The number of carbonyl (C=O) groups is 2. The largest absolute Gasteiger partial charge is 0.357 e. The molecule has 0 bridgehead atoms. The van der Waals surface area contributed by atoms with E-state index in [2.05, 4.69) is 43.4 Å². The average Bonchev–Trinajstić information content (AvgIpc) is 2.73. The van der Waals surface area contributed by atoms with Gasteiger partial charge in [0.05, 0.1) is 0 Å². The zero-order valence-electron chi connectivity index (χ0n) is 17.7. The van der Waals surface area contributed by atoms with Gasteiger partial charge in [-0.05, 0) is 41.5 Å². The van der Waals surface area contributed by atoms with Crippen molar-refractivity contribution in [2.24, 2.45) is 0 Å². The molecule has 2 rings (SSSR count). The second kappa shape index (κ2) is 11.0. The standard InChI is InChI=1S/C24H31ClN2O2/c1-5-22(24(29)26-4)27(16-20-8-6-7-9-21(20)25)23(28)15-12-18-10-13-19(14-11-18)17(2)3/h6-11,13-14,17,22H,5,12,15-16H2,1-4H3,(H,26,29)/t22-/m1/s1. The first-order valence-electron chi connectivity index (χ1n) is 10.2. The van der Waals surface area contributed by atoms with E-state index in [1.54, 1.807) is 18.0 Å². The van der Waals surface area contributed by atoms with E-state index in [1.165, 1.54) is 5.56 Å². The smallest absolute Gasteiger partial charge is 0.242 e. The molecule has 0 unspecified atom stereocenters. The molecule has 29 heavy (non-hydrogen) atoms. The van der Waals surface area contributed by atoms with E-state index in [4.69, 9.17) is 11.6 Å². The van der Waals surface area contributed by atoms with E-state index in [0.717, 1.165) is 11.1 Å². The molecule has 0 saturated heterocycles. The molecule has 0 spiro atoms. The van der Waals surface area contributed by atoms with Crippen LogP contribution in [0.2, 0.25) is 5.02 Å². The lowest BCUT2D eigenvalue weighted by Crippen LogP contribution is -2.48. The number of nitrogens with one attached hydrogen (secondary N) is 1. The van der Waals surface area contributed by atoms with Crippen LogP contribution in [0.25, 0.3) is 0 Å². The third kappa shape index (κ3) is 6.33. The van der Waals surface area contributed by atoms with Crippen molar-refractivity contribution in [2.75, 3.05) is 7.05 Å². The van der Waals surface area contributed by atoms with E-state index in [0.29, 0.717) is 36.7 Å². The van der Waals surface area contributed by atoms with Crippen LogP contribution in [0, 0.1) is 0 Å². The zero-order valence-corrected chi connectivity index (χ0v) is 18.5. The van der Waals surface area contributed by atoms with Crippen LogP contribution < -0.4 is 5.32 Å². The SMILES string of the molecule is CC[C@H](C(=O)NC)N(Cc1ccccc1Cl)C(=O)CCc1ccc(C(C)C)cc1. The van der Waals surface area contributed by atoms with Crippen molar-refractivity contribution >= 4 is 23.4 Å². The Bertz CT molecular complexity index is 818. The molecule has 0 aliphatic heterocycles. The predicted octanol–water partition coefficient (Wildman–Crippen LogP) is 4.95. The Kier molecular flexibility index (Phi) is 8.71. The number of benzene rings is 2. The van der Waals surface area contributed by atoms with Crippen molar-refractivity contribution in [1.82, 2.24) is 10.2 Å². The summed E-state index contributed by atoms with van der Waals surface area (Å²) in [4.78, 5) is 27.2. The Morgan fingerprint density at radius 3 is 2.28 bits per heavy atom. The number of rotatable bonds is 9. The summed E-state index contributed by atoms with van der Waals surface area (Å²) in [6.07, 6.45) is 1.53. The minimum atomic E-state index is -0.521. The molecule has 2 aromatic rings. The molecular weight excluding hydrogens is 384 g/mol. The fourth-order valence-corrected chi connectivity index (χ4v) is 3.56. The maximum absolute atomic E-state index is 13.1. The van der Waals surface area contributed by atoms with Gasteiger partial charge >= 0.3 is 0 Å². The quantitative estimate of drug-likeness (QED) is 0.631. The molecule has 0 aliphatic rings. The maximum Gasteiger partial charge on any atom is 0.242 e. The summed E-state index contributed by atoms with van der Waals surface area (Å²) >= 11 is 6.31. The van der Waals surface area contributed by atoms with Crippen LogP contribution >= 0.6 is 11.6 Å². The summed E-state index contributed by atoms with van der Waals surface area (Å²) in [5.74, 6) is 0.275. The van der Waals surface area contributed by atoms with Gasteiger partial charge in [0, 0.05) is 25.0 Å². The number of carbonyl (C=O) groups excluding carboxylic acids is 2. The topological polar surface area (TPSA) is 49.4 Å². The summed E-state index contributed by atoms with van der Waals surface area (Å²) in [5, 5.41) is 3.27. The highest BCUT2D eigenvalue weighted by Crippen LogP contribution is 2.21. The lowest BCUT2D eigenvalue weighted by atomic mass is 10.00. The van der Waals surface area contributed by atoms with Gasteiger partial charge < -0.3 is 10.2 Å². The summed E-state index contributed by atoms with van der Waals surface area (Å²) < 4.78 is 0. The second-order valence-corrected chi connectivity index (χ2v) is 7.95. The zero-order chi connectivity index (χ0) is 21.4. The maximum atomic E-state index is 13.1. The van der Waals surface area contributed by atoms with Crippen molar-refractivity contribution in [2.45, 2.75) is 58.5 Å². The summed E-state index contributed by atoms with van der Waals surface area (Å²) in [5.41, 5.74) is 3.24. The fraction of sp³-hybridized carbons (Fsp3) is 0.417.